The van der Waals surface area contributed by atoms with Crippen LogP contribution in [0.3, 0.4) is 0 Å². The SMILES string of the molecule is CCC1CCC(C2CCC(c3ncc(C)cn3)CC2)CC1. The standard InChI is InChI=1S/C19H30N2/c1-3-15-4-6-16(7-5-15)17-8-10-18(11-9-17)19-20-12-14(2)13-21-19/h12-13,15-18H,3-11H2,1-2H3. The van der Waals surface area contributed by atoms with Gasteiger partial charge in [0.05, 0.1) is 0 Å². The second-order valence-corrected chi connectivity index (χ2v) is 7.42. The molecule has 21 heavy (non-hydrogen) atoms. The van der Waals surface area contributed by atoms with Crippen molar-refractivity contribution in [2.45, 2.75) is 77.6 Å². The van der Waals surface area contributed by atoms with Crippen LogP contribution in [0.4, 0.5) is 0 Å². The third-order valence-electron chi connectivity index (χ3n) is 6.07. The lowest BCUT2D eigenvalue weighted by Crippen LogP contribution is -2.25. The monoisotopic (exact) mass is 286 g/mol. The molecule has 2 nitrogen and oxygen atoms in total. The molecule has 2 saturated carbocycles. The fourth-order valence-corrected chi connectivity index (χ4v) is 4.53. The van der Waals surface area contributed by atoms with E-state index >= 15 is 0 Å². The Bertz CT molecular complexity index is 423. The van der Waals surface area contributed by atoms with Crippen LogP contribution in [0, 0.1) is 24.7 Å². The molecule has 2 heteroatoms. The van der Waals surface area contributed by atoms with Gasteiger partial charge < -0.3 is 0 Å². The fraction of sp³-hybridized carbons (Fsp3) is 0.789. The first kappa shape index (κ1) is 15.0. The summed E-state index contributed by atoms with van der Waals surface area (Å²) >= 11 is 0. The summed E-state index contributed by atoms with van der Waals surface area (Å²) in [6.45, 7) is 4.42. The van der Waals surface area contributed by atoms with Gasteiger partial charge in [-0.3, -0.25) is 0 Å². The highest BCUT2D eigenvalue weighted by Gasteiger charge is 2.31. The molecule has 0 N–H and O–H groups in total. The maximum absolute atomic E-state index is 4.55. The molecule has 1 heterocycles. The molecule has 2 fully saturated rings. The molecule has 1 aromatic heterocycles. The van der Waals surface area contributed by atoms with E-state index in [2.05, 4.69) is 23.8 Å². The van der Waals surface area contributed by atoms with Gasteiger partial charge in [-0.15, -0.1) is 0 Å². The first-order valence-corrected chi connectivity index (χ1v) is 9.04. The number of aromatic nitrogens is 2. The lowest BCUT2D eigenvalue weighted by Gasteiger charge is -2.37. The Morgan fingerprint density at radius 2 is 1.38 bits per heavy atom. The Kier molecular flexibility index (Phi) is 4.92. The van der Waals surface area contributed by atoms with Crippen molar-refractivity contribution < 1.29 is 0 Å². The second-order valence-electron chi connectivity index (χ2n) is 7.42. The largest absolute Gasteiger partial charge is 0.241 e. The predicted molar refractivity (Wildman–Crippen MR) is 87.2 cm³/mol. The van der Waals surface area contributed by atoms with E-state index in [0.29, 0.717) is 5.92 Å². The second kappa shape index (κ2) is 6.89. The minimum atomic E-state index is 0.619. The molecule has 116 valence electrons. The molecule has 2 aliphatic carbocycles. The van der Waals surface area contributed by atoms with Gasteiger partial charge in [0.2, 0.25) is 0 Å². The summed E-state index contributed by atoms with van der Waals surface area (Å²) in [6.07, 6.45) is 16.7. The highest BCUT2D eigenvalue weighted by Crippen LogP contribution is 2.43. The van der Waals surface area contributed by atoms with Crippen molar-refractivity contribution in [3.8, 4) is 0 Å². The maximum atomic E-state index is 4.55. The van der Waals surface area contributed by atoms with Gasteiger partial charge in [0.1, 0.15) is 5.82 Å². The van der Waals surface area contributed by atoms with Gasteiger partial charge in [0.15, 0.2) is 0 Å². The van der Waals surface area contributed by atoms with Crippen LogP contribution in [0.5, 0.6) is 0 Å². The summed E-state index contributed by atoms with van der Waals surface area (Å²) in [7, 11) is 0. The molecule has 2 aliphatic rings. The van der Waals surface area contributed by atoms with E-state index in [-0.39, 0.29) is 0 Å². The zero-order valence-corrected chi connectivity index (χ0v) is 13.7. The number of aryl methyl sites for hydroxylation is 1. The fourth-order valence-electron chi connectivity index (χ4n) is 4.53. The molecule has 3 rings (SSSR count). The van der Waals surface area contributed by atoms with Crippen molar-refractivity contribution in [1.29, 1.82) is 0 Å². The Morgan fingerprint density at radius 3 is 1.90 bits per heavy atom. The molecular formula is C19H30N2. The Hall–Kier alpha value is -0.920. The minimum absolute atomic E-state index is 0.619. The van der Waals surface area contributed by atoms with E-state index in [1.807, 2.05) is 12.4 Å². The number of rotatable bonds is 3. The summed E-state index contributed by atoms with van der Waals surface area (Å²) in [5.74, 6) is 4.75. The van der Waals surface area contributed by atoms with E-state index in [1.54, 1.807) is 0 Å². The number of hydrogen-bond acceptors (Lipinski definition) is 2. The van der Waals surface area contributed by atoms with Gasteiger partial charge in [-0.25, -0.2) is 9.97 Å². The van der Waals surface area contributed by atoms with Crippen molar-refractivity contribution in [2.75, 3.05) is 0 Å². The predicted octanol–water partition coefficient (Wildman–Crippen LogP) is 5.28. The van der Waals surface area contributed by atoms with Crippen molar-refractivity contribution >= 4 is 0 Å². The van der Waals surface area contributed by atoms with E-state index < -0.39 is 0 Å². The quantitative estimate of drug-likeness (QED) is 0.756. The summed E-state index contributed by atoms with van der Waals surface area (Å²) in [5.41, 5.74) is 1.17. The summed E-state index contributed by atoms with van der Waals surface area (Å²) in [4.78, 5) is 9.10. The van der Waals surface area contributed by atoms with Crippen molar-refractivity contribution in [3.63, 3.8) is 0 Å². The molecule has 0 bridgehead atoms. The molecule has 0 amide bonds. The first-order valence-electron chi connectivity index (χ1n) is 9.04. The van der Waals surface area contributed by atoms with E-state index in [0.717, 1.165) is 23.6 Å². The third-order valence-corrected chi connectivity index (χ3v) is 6.07. The molecule has 0 radical (unpaired) electrons. The van der Waals surface area contributed by atoms with Crippen molar-refractivity contribution in [1.82, 2.24) is 9.97 Å². The third kappa shape index (κ3) is 3.64. The Labute approximate surface area is 129 Å². The summed E-state index contributed by atoms with van der Waals surface area (Å²) in [5, 5.41) is 0. The van der Waals surface area contributed by atoms with E-state index in [4.69, 9.17) is 0 Å². The van der Waals surface area contributed by atoms with Gasteiger partial charge in [0.25, 0.3) is 0 Å². The molecule has 0 atom stereocenters. The molecule has 1 aromatic rings. The Morgan fingerprint density at radius 1 is 0.857 bits per heavy atom. The molecule has 0 saturated heterocycles. The molecule has 0 aromatic carbocycles. The van der Waals surface area contributed by atoms with Crippen LogP contribution >= 0.6 is 0 Å². The van der Waals surface area contributed by atoms with Crippen LogP contribution < -0.4 is 0 Å². The van der Waals surface area contributed by atoms with Gasteiger partial charge in [-0.2, -0.15) is 0 Å². The molecule has 0 spiro atoms. The topological polar surface area (TPSA) is 25.8 Å². The summed E-state index contributed by atoms with van der Waals surface area (Å²) in [6, 6.07) is 0. The van der Waals surface area contributed by atoms with Crippen LogP contribution in [0.25, 0.3) is 0 Å². The average Bonchev–Trinajstić information content (AvgIpc) is 2.56. The zero-order chi connectivity index (χ0) is 14.7. The average molecular weight is 286 g/mol. The highest BCUT2D eigenvalue weighted by molar-refractivity contribution is 5.06. The number of hydrogen-bond donors (Lipinski definition) is 0. The van der Waals surface area contributed by atoms with Crippen LogP contribution in [0.2, 0.25) is 0 Å². The lowest BCUT2D eigenvalue weighted by molar-refractivity contribution is 0.157. The smallest absolute Gasteiger partial charge is 0.131 e. The van der Waals surface area contributed by atoms with Crippen molar-refractivity contribution in [3.05, 3.63) is 23.8 Å². The van der Waals surface area contributed by atoms with Crippen LogP contribution in [-0.2, 0) is 0 Å². The van der Waals surface area contributed by atoms with Gasteiger partial charge in [-0.05, 0) is 68.8 Å². The van der Waals surface area contributed by atoms with Crippen LogP contribution in [-0.4, -0.2) is 9.97 Å². The minimum Gasteiger partial charge on any atom is -0.241 e. The Balaban J connectivity index is 1.50. The normalized spacial score (nSPS) is 33.8. The molecule has 0 aliphatic heterocycles. The zero-order valence-electron chi connectivity index (χ0n) is 13.7. The first-order chi connectivity index (χ1) is 10.3. The van der Waals surface area contributed by atoms with E-state index in [1.165, 1.54) is 63.4 Å². The number of nitrogens with zero attached hydrogens (tertiary/aromatic N) is 2. The van der Waals surface area contributed by atoms with Gasteiger partial charge >= 0.3 is 0 Å². The molecular weight excluding hydrogens is 256 g/mol. The lowest BCUT2D eigenvalue weighted by atomic mass is 9.69. The van der Waals surface area contributed by atoms with Gasteiger partial charge in [-0.1, -0.05) is 26.2 Å². The van der Waals surface area contributed by atoms with Gasteiger partial charge in [0, 0.05) is 18.3 Å². The maximum Gasteiger partial charge on any atom is 0.131 e. The van der Waals surface area contributed by atoms with Crippen LogP contribution in [0.15, 0.2) is 12.4 Å². The van der Waals surface area contributed by atoms with Crippen LogP contribution in [0.1, 0.15) is 82.0 Å². The molecule has 0 unspecified atom stereocenters. The van der Waals surface area contributed by atoms with Crippen molar-refractivity contribution in [2.24, 2.45) is 17.8 Å². The van der Waals surface area contributed by atoms with E-state index in [9.17, 15) is 0 Å². The highest BCUT2D eigenvalue weighted by atomic mass is 14.9. The summed E-state index contributed by atoms with van der Waals surface area (Å²) < 4.78 is 0.